The summed E-state index contributed by atoms with van der Waals surface area (Å²) in [6, 6.07) is 18.7. The number of benzene rings is 2. The van der Waals surface area contributed by atoms with Crippen molar-refractivity contribution in [2.24, 2.45) is 5.41 Å². The molecule has 1 heterocycles. The number of anilines is 1. The molecule has 0 amide bonds. The number of amidine groups is 1. The second-order valence-electron chi connectivity index (χ2n) is 8.99. The number of aryl methyl sites for hydroxylation is 2. The van der Waals surface area contributed by atoms with Gasteiger partial charge in [0.2, 0.25) is 0 Å². The summed E-state index contributed by atoms with van der Waals surface area (Å²) in [6.07, 6.45) is 1.83. The largest absolute Gasteiger partial charge is 0.388 e. The van der Waals surface area contributed by atoms with Gasteiger partial charge in [-0.1, -0.05) is 73.5 Å². The summed E-state index contributed by atoms with van der Waals surface area (Å²) >= 11 is 0. The van der Waals surface area contributed by atoms with Crippen LogP contribution in [0, 0.1) is 24.7 Å². The van der Waals surface area contributed by atoms with E-state index >= 15 is 0 Å². The number of nitrogens with zero attached hydrogens (tertiary/aromatic N) is 1. The molecule has 6 heteroatoms. The maximum atomic E-state index is 8.34. The van der Waals surface area contributed by atoms with E-state index in [2.05, 4.69) is 102 Å². The zero-order valence-corrected chi connectivity index (χ0v) is 19.6. The van der Waals surface area contributed by atoms with E-state index in [0.29, 0.717) is 12.4 Å². The van der Waals surface area contributed by atoms with Crippen molar-refractivity contribution < 1.29 is 0 Å². The Morgan fingerprint density at radius 3 is 2.25 bits per heavy atom. The Morgan fingerprint density at radius 1 is 1.00 bits per heavy atom. The van der Waals surface area contributed by atoms with Gasteiger partial charge in [-0.3, -0.25) is 10.5 Å². The molecule has 2 aromatic carbocycles. The van der Waals surface area contributed by atoms with Crippen molar-refractivity contribution in [3.05, 3.63) is 77.4 Å². The molecule has 3 aromatic rings. The van der Waals surface area contributed by atoms with Gasteiger partial charge in [0, 0.05) is 38.0 Å². The average Bonchev–Trinajstić information content (AvgIpc) is 3.25. The molecule has 0 spiro atoms. The van der Waals surface area contributed by atoms with Crippen molar-refractivity contribution in [2.75, 3.05) is 25.5 Å². The molecular formula is C26H34N6. The fourth-order valence-electron chi connectivity index (χ4n) is 3.25. The number of hydrogen-bond donors (Lipinski definition) is 5. The fraction of sp³-hybridized carbons (Fsp3) is 0.308. The lowest BCUT2D eigenvalue weighted by molar-refractivity contribution is 0.387. The van der Waals surface area contributed by atoms with Crippen LogP contribution in [-0.4, -0.2) is 36.2 Å². The third kappa shape index (κ3) is 6.48. The van der Waals surface area contributed by atoms with E-state index in [1.165, 1.54) is 11.1 Å². The predicted molar refractivity (Wildman–Crippen MR) is 135 cm³/mol. The van der Waals surface area contributed by atoms with E-state index in [1.54, 1.807) is 0 Å². The minimum atomic E-state index is -0.0766. The molecule has 0 aliphatic heterocycles. The summed E-state index contributed by atoms with van der Waals surface area (Å²) in [5.41, 5.74) is 6.47. The summed E-state index contributed by atoms with van der Waals surface area (Å²) in [4.78, 5) is 0. The van der Waals surface area contributed by atoms with Crippen LogP contribution in [0.4, 0.5) is 5.82 Å². The van der Waals surface area contributed by atoms with Crippen LogP contribution >= 0.6 is 0 Å². The highest BCUT2D eigenvalue weighted by atomic mass is 15.2. The molecule has 3 rings (SSSR count). The molecule has 0 aliphatic carbocycles. The van der Waals surface area contributed by atoms with E-state index in [-0.39, 0.29) is 5.41 Å². The Morgan fingerprint density at radius 2 is 1.62 bits per heavy atom. The van der Waals surface area contributed by atoms with Crippen molar-refractivity contribution in [1.29, 1.82) is 5.41 Å². The predicted octanol–water partition coefficient (Wildman–Crippen LogP) is 4.96. The fourth-order valence-corrected chi connectivity index (χ4v) is 3.25. The van der Waals surface area contributed by atoms with E-state index in [0.717, 1.165) is 34.9 Å². The molecule has 0 saturated carbocycles. The third-order valence-electron chi connectivity index (χ3n) is 5.37. The smallest absolute Gasteiger partial charge is 0.148 e. The van der Waals surface area contributed by atoms with E-state index < -0.39 is 0 Å². The molecule has 0 radical (unpaired) electrons. The summed E-state index contributed by atoms with van der Waals surface area (Å²) < 4.78 is 0. The zero-order chi connectivity index (χ0) is 23.1. The van der Waals surface area contributed by atoms with Crippen molar-refractivity contribution in [3.63, 3.8) is 0 Å². The van der Waals surface area contributed by atoms with Crippen LogP contribution in [0.25, 0.3) is 17.0 Å². The highest BCUT2D eigenvalue weighted by Gasteiger charge is 2.18. The van der Waals surface area contributed by atoms with Crippen molar-refractivity contribution in [2.45, 2.75) is 27.7 Å². The molecule has 6 nitrogen and oxygen atoms in total. The molecule has 1 aromatic heterocycles. The Kier molecular flexibility index (Phi) is 7.36. The lowest BCUT2D eigenvalue weighted by Gasteiger charge is -2.25. The molecule has 0 fully saturated rings. The molecule has 5 N–H and O–H groups in total. The van der Waals surface area contributed by atoms with Crippen LogP contribution in [0.15, 0.2) is 60.7 Å². The SMILES string of the molecule is CN/C(=C\C(=N)NCC(C)(C)CNc1cc(-c2ccc(C)cc2)[nH]n1)c1ccc(C)cc1. The van der Waals surface area contributed by atoms with E-state index in [4.69, 9.17) is 5.41 Å². The molecule has 0 bridgehead atoms. The minimum Gasteiger partial charge on any atom is -0.388 e. The molecule has 0 saturated heterocycles. The van der Waals surface area contributed by atoms with Crippen LogP contribution in [-0.2, 0) is 0 Å². The van der Waals surface area contributed by atoms with Gasteiger partial charge in [0.25, 0.3) is 0 Å². The Bertz CT molecular complexity index is 1060. The topological polar surface area (TPSA) is 88.6 Å². The average molecular weight is 431 g/mol. The van der Waals surface area contributed by atoms with E-state index in [1.807, 2.05) is 19.2 Å². The second kappa shape index (κ2) is 10.2. The van der Waals surface area contributed by atoms with Crippen LogP contribution in [0.2, 0.25) is 0 Å². The minimum absolute atomic E-state index is 0.0766. The second-order valence-corrected chi connectivity index (χ2v) is 8.99. The lowest BCUT2D eigenvalue weighted by atomic mass is 9.93. The number of H-pyrrole nitrogens is 1. The summed E-state index contributed by atoms with van der Waals surface area (Å²) in [7, 11) is 1.88. The van der Waals surface area contributed by atoms with Gasteiger partial charge >= 0.3 is 0 Å². The molecule has 168 valence electrons. The lowest BCUT2D eigenvalue weighted by Crippen LogP contribution is -2.37. The molecule has 0 unspecified atom stereocenters. The van der Waals surface area contributed by atoms with Gasteiger partial charge in [0.1, 0.15) is 11.7 Å². The van der Waals surface area contributed by atoms with Gasteiger partial charge in [-0.15, -0.1) is 0 Å². The number of aromatic nitrogens is 2. The number of nitrogens with one attached hydrogen (secondary N) is 5. The normalized spacial score (nSPS) is 11.8. The third-order valence-corrected chi connectivity index (χ3v) is 5.37. The number of hydrogen-bond acceptors (Lipinski definition) is 4. The van der Waals surface area contributed by atoms with Gasteiger partial charge in [0.15, 0.2) is 0 Å². The first-order valence-corrected chi connectivity index (χ1v) is 10.9. The summed E-state index contributed by atoms with van der Waals surface area (Å²) in [6.45, 7) is 9.87. The van der Waals surface area contributed by atoms with Crippen LogP contribution in [0.5, 0.6) is 0 Å². The van der Waals surface area contributed by atoms with Gasteiger partial charge in [0.05, 0.1) is 5.69 Å². The van der Waals surface area contributed by atoms with Crippen LogP contribution in [0.3, 0.4) is 0 Å². The van der Waals surface area contributed by atoms with Gasteiger partial charge in [-0.05, 0) is 30.4 Å². The van der Waals surface area contributed by atoms with Crippen LogP contribution in [0.1, 0.15) is 30.5 Å². The molecule has 0 atom stereocenters. The maximum absolute atomic E-state index is 8.34. The highest BCUT2D eigenvalue weighted by molar-refractivity contribution is 5.96. The van der Waals surface area contributed by atoms with Gasteiger partial charge < -0.3 is 16.0 Å². The quantitative estimate of drug-likeness (QED) is 0.245. The standard InChI is InChI=1S/C26H34N6/c1-18-6-10-20(11-7-18)22(28-5)14-24(27)29-16-26(3,4)17-30-25-15-23(31-32-25)21-12-8-19(2)9-13-21/h6-15,28H,16-17H2,1-5H3,(H2,27,29)(H2,30,31,32)/b22-14-. The molecule has 32 heavy (non-hydrogen) atoms. The molecular weight excluding hydrogens is 396 g/mol. The van der Waals surface area contributed by atoms with Crippen molar-refractivity contribution in [1.82, 2.24) is 20.8 Å². The highest BCUT2D eigenvalue weighted by Crippen LogP contribution is 2.21. The monoisotopic (exact) mass is 430 g/mol. The first-order valence-electron chi connectivity index (χ1n) is 10.9. The van der Waals surface area contributed by atoms with Crippen molar-refractivity contribution in [3.8, 4) is 11.3 Å². The first kappa shape index (κ1) is 23.1. The molecule has 0 aliphatic rings. The van der Waals surface area contributed by atoms with Crippen molar-refractivity contribution >= 4 is 17.4 Å². The number of aromatic amines is 1. The summed E-state index contributed by atoms with van der Waals surface area (Å²) in [5.74, 6) is 1.20. The first-order chi connectivity index (χ1) is 15.3. The van der Waals surface area contributed by atoms with E-state index in [9.17, 15) is 0 Å². The number of rotatable bonds is 9. The Balaban J connectivity index is 1.53. The Labute approximate surface area is 191 Å². The van der Waals surface area contributed by atoms with Crippen LogP contribution < -0.4 is 16.0 Å². The van der Waals surface area contributed by atoms with Gasteiger partial charge in [-0.25, -0.2) is 0 Å². The van der Waals surface area contributed by atoms with Gasteiger partial charge in [-0.2, -0.15) is 5.10 Å². The maximum Gasteiger partial charge on any atom is 0.148 e. The Hall–Kier alpha value is -3.54. The summed E-state index contributed by atoms with van der Waals surface area (Å²) in [5, 5.41) is 25.7. The zero-order valence-electron chi connectivity index (χ0n) is 19.6.